The molecule has 0 saturated carbocycles. The molecule has 0 fully saturated rings. The van der Waals surface area contributed by atoms with Crippen LogP contribution in [0, 0.1) is 0 Å². The SMILES string of the molecule is CCOC(=O)C(Cc1ccccc1)c1ncnn1C. The molecule has 1 aromatic heterocycles. The van der Waals surface area contributed by atoms with Gasteiger partial charge in [-0.2, -0.15) is 5.10 Å². The van der Waals surface area contributed by atoms with Gasteiger partial charge in [0.15, 0.2) is 0 Å². The molecule has 1 atom stereocenters. The van der Waals surface area contributed by atoms with Gasteiger partial charge in [0.25, 0.3) is 0 Å². The monoisotopic (exact) mass is 259 g/mol. The number of nitrogens with zero attached hydrogens (tertiary/aromatic N) is 3. The summed E-state index contributed by atoms with van der Waals surface area (Å²) in [7, 11) is 1.78. The molecule has 5 heteroatoms. The van der Waals surface area contributed by atoms with Gasteiger partial charge in [-0.3, -0.25) is 9.48 Å². The van der Waals surface area contributed by atoms with Crippen molar-refractivity contribution in [1.29, 1.82) is 0 Å². The molecule has 100 valence electrons. The maximum Gasteiger partial charge on any atom is 0.317 e. The van der Waals surface area contributed by atoms with Crippen molar-refractivity contribution in [3.05, 3.63) is 48.0 Å². The molecule has 2 rings (SSSR count). The number of hydrogen-bond acceptors (Lipinski definition) is 4. The molecule has 0 aliphatic rings. The molecular formula is C14H17N3O2. The van der Waals surface area contributed by atoms with E-state index in [1.54, 1.807) is 18.7 Å². The van der Waals surface area contributed by atoms with Gasteiger partial charge in [-0.1, -0.05) is 30.3 Å². The fourth-order valence-electron chi connectivity index (χ4n) is 1.99. The number of rotatable bonds is 5. The minimum Gasteiger partial charge on any atom is -0.465 e. The van der Waals surface area contributed by atoms with Gasteiger partial charge in [0, 0.05) is 7.05 Å². The standard InChI is InChI=1S/C14H17N3O2/c1-3-19-14(18)12(13-15-10-16-17(13)2)9-11-7-5-4-6-8-11/h4-8,10,12H,3,9H2,1-2H3. The predicted octanol–water partition coefficient (Wildman–Crippen LogP) is 1.70. The van der Waals surface area contributed by atoms with Gasteiger partial charge >= 0.3 is 5.97 Å². The summed E-state index contributed by atoms with van der Waals surface area (Å²) in [5.74, 6) is -0.0559. The molecule has 0 spiro atoms. The fraction of sp³-hybridized carbons (Fsp3) is 0.357. The summed E-state index contributed by atoms with van der Waals surface area (Å²) in [4.78, 5) is 16.3. The zero-order valence-corrected chi connectivity index (χ0v) is 11.1. The second-order valence-electron chi connectivity index (χ2n) is 4.24. The van der Waals surface area contributed by atoms with E-state index in [2.05, 4.69) is 10.1 Å². The van der Waals surface area contributed by atoms with Crippen molar-refractivity contribution in [1.82, 2.24) is 14.8 Å². The summed E-state index contributed by atoms with van der Waals surface area (Å²) >= 11 is 0. The van der Waals surface area contributed by atoms with Crippen LogP contribution in [0.3, 0.4) is 0 Å². The molecule has 2 aromatic rings. The molecule has 0 aliphatic carbocycles. The van der Waals surface area contributed by atoms with Crippen molar-refractivity contribution in [2.24, 2.45) is 7.05 Å². The molecule has 0 bridgehead atoms. The lowest BCUT2D eigenvalue weighted by Gasteiger charge is -2.14. The quantitative estimate of drug-likeness (QED) is 0.767. The molecule has 0 N–H and O–H groups in total. The average Bonchev–Trinajstić information content (AvgIpc) is 2.83. The highest BCUT2D eigenvalue weighted by atomic mass is 16.5. The topological polar surface area (TPSA) is 57.0 Å². The lowest BCUT2D eigenvalue weighted by atomic mass is 9.98. The van der Waals surface area contributed by atoms with Gasteiger partial charge in [0.05, 0.1) is 6.61 Å². The van der Waals surface area contributed by atoms with Gasteiger partial charge in [-0.05, 0) is 18.9 Å². The largest absolute Gasteiger partial charge is 0.465 e. The van der Waals surface area contributed by atoms with Gasteiger partial charge in [-0.25, -0.2) is 4.98 Å². The first-order valence-corrected chi connectivity index (χ1v) is 6.26. The van der Waals surface area contributed by atoms with E-state index in [4.69, 9.17) is 4.74 Å². The van der Waals surface area contributed by atoms with Crippen LogP contribution in [0.4, 0.5) is 0 Å². The van der Waals surface area contributed by atoms with Crippen molar-refractivity contribution in [3.63, 3.8) is 0 Å². The number of carbonyl (C=O) groups excluding carboxylic acids is 1. The van der Waals surface area contributed by atoms with Crippen molar-refractivity contribution < 1.29 is 9.53 Å². The highest BCUT2D eigenvalue weighted by Crippen LogP contribution is 2.20. The van der Waals surface area contributed by atoms with Crippen molar-refractivity contribution >= 4 is 5.97 Å². The van der Waals surface area contributed by atoms with Crippen molar-refractivity contribution in [2.45, 2.75) is 19.3 Å². The maximum atomic E-state index is 12.1. The van der Waals surface area contributed by atoms with E-state index < -0.39 is 5.92 Å². The second-order valence-corrected chi connectivity index (χ2v) is 4.24. The number of hydrogen-bond donors (Lipinski definition) is 0. The van der Waals surface area contributed by atoms with Crippen LogP contribution >= 0.6 is 0 Å². The van der Waals surface area contributed by atoms with E-state index >= 15 is 0 Å². The first-order chi connectivity index (χ1) is 9.22. The summed E-state index contributed by atoms with van der Waals surface area (Å²) in [6.07, 6.45) is 2.01. The Bertz CT molecular complexity index is 537. The zero-order valence-electron chi connectivity index (χ0n) is 11.1. The minimum absolute atomic E-state index is 0.262. The smallest absolute Gasteiger partial charge is 0.317 e. The minimum atomic E-state index is -0.421. The third kappa shape index (κ3) is 3.19. The lowest BCUT2D eigenvalue weighted by Crippen LogP contribution is -2.21. The van der Waals surface area contributed by atoms with Crippen LogP contribution < -0.4 is 0 Å². The normalized spacial score (nSPS) is 12.1. The van der Waals surface area contributed by atoms with E-state index in [0.29, 0.717) is 18.9 Å². The Labute approximate surface area is 112 Å². The van der Waals surface area contributed by atoms with Crippen molar-refractivity contribution in [2.75, 3.05) is 6.61 Å². The lowest BCUT2D eigenvalue weighted by molar-refractivity contribution is -0.145. The van der Waals surface area contributed by atoms with Crippen LogP contribution in [0.25, 0.3) is 0 Å². The maximum absolute atomic E-state index is 12.1. The molecule has 1 heterocycles. The Hall–Kier alpha value is -2.17. The van der Waals surface area contributed by atoms with Crippen LogP contribution in [0.2, 0.25) is 0 Å². The van der Waals surface area contributed by atoms with E-state index in [0.717, 1.165) is 5.56 Å². The number of ether oxygens (including phenoxy) is 1. The first kappa shape index (κ1) is 13.3. The number of esters is 1. The molecule has 1 unspecified atom stereocenters. The highest BCUT2D eigenvalue weighted by Gasteiger charge is 2.26. The van der Waals surface area contributed by atoms with Crippen LogP contribution in [0.15, 0.2) is 36.7 Å². The van der Waals surface area contributed by atoms with Gasteiger partial charge in [-0.15, -0.1) is 0 Å². The number of aromatic nitrogens is 3. The van der Waals surface area contributed by atoms with E-state index in [-0.39, 0.29) is 5.97 Å². The van der Waals surface area contributed by atoms with Crippen molar-refractivity contribution in [3.8, 4) is 0 Å². The Balaban J connectivity index is 2.25. The van der Waals surface area contributed by atoms with Crippen LogP contribution in [-0.2, 0) is 23.0 Å². The Morgan fingerprint density at radius 1 is 1.37 bits per heavy atom. The third-order valence-corrected chi connectivity index (χ3v) is 2.91. The summed E-state index contributed by atoms with van der Waals surface area (Å²) in [6.45, 7) is 2.16. The van der Waals surface area contributed by atoms with Crippen LogP contribution in [0.5, 0.6) is 0 Å². The first-order valence-electron chi connectivity index (χ1n) is 6.26. The predicted molar refractivity (Wildman–Crippen MR) is 70.5 cm³/mol. The van der Waals surface area contributed by atoms with Gasteiger partial charge in [0.2, 0.25) is 0 Å². The summed E-state index contributed by atoms with van der Waals surface area (Å²) in [6, 6.07) is 9.83. The molecule has 0 radical (unpaired) electrons. The zero-order chi connectivity index (χ0) is 13.7. The van der Waals surface area contributed by atoms with Gasteiger partial charge < -0.3 is 4.74 Å². The number of carbonyl (C=O) groups is 1. The molecule has 0 saturated heterocycles. The summed E-state index contributed by atoms with van der Waals surface area (Å²) in [5, 5.41) is 4.02. The fourth-order valence-corrected chi connectivity index (χ4v) is 1.99. The second kappa shape index (κ2) is 6.13. The van der Waals surface area contributed by atoms with Crippen LogP contribution in [-0.4, -0.2) is 27.3 Å². The molecule has 0 amide bonds. The molecule has 5 nitrogen and oxygen atoms in total. The Morgan fingerprint density at radius 3 is 2.68 bits per heavy atom. The Morgan fingerprint density at radius 2 is 2.11 bits per heavy atom. The number of aryl methyl sites for hydroxylation is 1. The molecule has 1 aromatic carbocycles. The molecular weight excluding hydrogens is 242 g/mol. The third-order valence-electron chi connectivity index (χ3n) is 2.91. The van der Waals surface area contributed by atoms with E-state index in [9.17, 15) is 4.79 Å². The highest BCUT2D eigenvalue weighted by molar-refractivity contribution is 5.77. The summed E-state index contributed by atoms with van der Waals surface area (Å²) in [5.41, 5.74) is 1.07. The van der Waals surface area contributed by atoms with E-state index in [1.807, 2.05) is 30.3 Å². The van der Waals surface area contributed by atoms with Crippen LogP contribution in [0.1, 0.15) is 24.2 Å². The molecule has 0 aliphatic heterocycles. The number of benzene rings is 1. The summed E-state index contributed by atoms with van der Waals surface area (Å²) < 4.78 is 6.75. The Kier molecular flexibility index (Phi) is 4.28. The van der Waals surface area contributed by atoms with E-state index in [1.165, 1.54) is 6.33 Å². The average molecular weight is 259 g/mol. The molecule has 19 heavy (non-hydrogen) atoms. The van der Waals surface area contributed by atoms with Gasteiger partial charge in [0.1, 0.15) is 18.1 Å².